The second-order valence-corrected chi connectivity index (χ2v) is 9.74. The lowest BCUT2D eigenvalue weighted by molar-refractivity contribution is -0.0802. The molecule has 3 heteroatoms. The van der Waals surface area contributed by atoms with Gasteiger partial charge in [-0.2, -0.15) is 0 Å². The van der Waals surface area contributed by atoms with Gasteiger partial charge in [-0.1, -0.05) is 18.6 Å². The van der Waals surface area contributed by atoms with Crippen molar-refractivity contribution in [3.05, 3.63) is 11.6 Å². The second-order valence-electron chi connectivity index (χ2n) is 9.74. The number of rotatable bonds is 2. The third-order valence-electron chi connectivity index (χ3n) is 8.85. The highest BCUT2D eigenvalue weighted by atomic mass is 16.3. The Morgan fingerprint density at radius 3 is 2.71 bits per heavy atom. The maximum atomic E-state index is 10.4. The van der Waals surface area contributed by atoms with Gasteiger partial charge in [-0.3, -0.25) is 0 Å². The molecule has 3 saturated carbocycles. The lowest BCUT2D eigenvalue weighted by Gasteiger charge is -2.58. The highest BCUT2D eigenvalue weighted by molar-refractivity contribution is 5.26. The molecular weight excluding hydrogens is 296 g/mol. The van der Waals surface area contributed by atoms with Crippen LogP contribution in [-0.2, 0) is 0 Å². The minimum absolute atomic E-state index is 0.0993. The average molecular weight is 333 g/mol. The molecule has 3 nitrogen and oxygen atoms in total. The summed E-state index contributed by atoms with van der Waals surface area (Å²) >= 11 is 0. The van der Waals surface area contributed by atoms with Crippen LogP contribution in [0.5, 0.6) is 0 Å². The van der Waals surface area contributed by atoms with Crippen LogP contribution in [0.2, 0.25) is 0 Å². The summed E-state index contributed by atoms with van der Waals surface area (Å²) in [5, 5.41) is 10.4. The smallest absolute Gasteiger partial charge is 0.0493 e. The zero-order valence-corrected chi connectivity index (χ0v) is 15.5. The summed E-state index contributed by atoms with van der Waals surface area (Å²) in [5.74, 6) is 2.72. The normalized spacial score (nSPS) is 52.0. The summed E-state index contributed by atoms with van der Waals surface area (Å²) in [4.78, 5) is 0. The summed E-state index contributed by atoms with van der Waals surface area (Å²) in [6.45, 7) is 5.01. The number of hydrogen-bond donors (Lipinski definition) is 3. The summed E-state index contributed by atoms with van der Waals surface area (Å²) in [7, 11) is 0. The Bertz CT molecular complexity index is 530. The Morgan fingerprint density at radius 1 is 1.21 bits per heavy atom. The van der Waals surface area contributed by atoms with Gasteiger partial charge in [0.15, 0.2) is 0 Å². The molecule has 0 amide bonds. The van der Waals surface area contributed by atoms with Crippen LogP contribution in [0.4, 0.5) is 0 Å². The summed E-state index contributed by atoms with van der Waals surface area (Å²) in [6, 6.07) is 0.576. The van der Waals surface area contributed by atoms with Crippen molar-refractivity contribution in [2.24, 2.45) is 46.0 Å². The predicted molar refractivity (Wildman–Crippen MR) is 98.2 cm³/mol. The number of allylic oxidation sites excluding steroid dienone is 1. The largest absolute Gasteiger partial charge is 0.396 e. The van der Waals surface area contributed by atoms with Gasteiger partial charge in [0, 0.05) is 24.1 Å². The van der Waals surface area contributed by atoms with E-state index in [4.69, 9.17) is 11.5 Å². The van der Waals surface area contributed by atoms with Crippen LogP contribution >= 0.6 is 0 Å². The van der Waals surface area contributed by atoms with E-state index in [2.05, 4.69) is 19.9 Å². The van der Waals surface area contributed by atoms with Gasteiger partial charge in [-0.25, -0.2) is 0 Å². The SMILES string of the molecule is C[C@H](N)[C@H]1CC[C@H]2[C@@H]3CC=C4C[C@@H](N)CC[C@]4(C)[C@H]3CC[C@]12CO. The zero-order valence-electron chi connectivity index (χ0n) is 15.5. The Labute approximate surface area is 147 Å². The molecule has 0 bridgehead atoms. The van der Waals surface area contributed by atoms with Crippen LogP contribution in [0.15, 0.2) is 11.6 Å². The molecule has 0 heterocycles. The van der Waals surface area contributed by atoms with Crippen molar-refractivity contribution in [1.29, 1.82) is 0 Å². The quantitative estimate of drug-likeness (QED) is 0.680. The molecule has 3 fully saturated rings. The van der Waals surface area contributed by atoms with E-state index in [9.17, 15) is 5.11 Å². The van der Waals surface area contributed by atoms with Gasteiger partial charge in [-0.15, -0.1) is 0 Å². The molecule has 0 aliphatic heterocycles. The highest BCUT2D eigenvalue weighted by Crippen LogP contribution is 2.66. The molecule has 136 valence electrons. The Hall–Kier alpha value is -0.380. The van der Waals surface area contributed by atoms with E-state index >= 15 is 0 Å². The predicted octanol–water partition coefficient (Wildman–Crippen LogP) is 3.21. The Kier molecular flexibility index (Phi) is 4.14. The van der Waals surface area contributed by atoms with Crippen LogP contribution in [0.25, 0.3) is 0 Å². The van der Waals surface area contributed by atoms with Crippen molar-refractivity contribution >= 4 is 0 Å². The molecule has 24 heavy (non-hydrogen) atoms. The average Bonchev–Trinajstić information content (AvgIpc) is 2.95. The molecule has 4 aliphatic carbocycles. The molecule has 0 aromatic rings. The maximum absolute atomic E-state index is 10.4. The summed E-state index contributed by atoms with van der Waals surface area (Å²) < 4.78 is 0. The highest BCUT2D eigenvalue weighted by Gasteiger charge is 2.60. The molecule has 0 radical (unpaired) electrons. The molecule has 5 N–H and O–H groups in total. The van der Waals surface area contributed by atoms with Crippen molar-refractivity contribution in [3.8, 4) is 0 Å². The van der Waals surface area contributed by atoms with Crippen molar-refractivity contribution < 1.29 is 5.11 Å². The van der Waals surface area contributed by atoms with E-state index in [0.29, 0.717) is 29.9 Å². The van der Waals surface area contributed by atoms with Gasteiger partial charge in [0.05, 0.1) is 0 Å². The van der Waals surface area contributed by atoms with Gasteiger partial charge >= 0.3 is 0 Å². The third-order valence-corrected chi connectivity index (χ3v) is 8.85. The van der Waals surface area contributed by atoms with Crippen molar-refractivity contribution in [1.82, 2.24) is 0 Å². The number of aliphatic hydroxyl groups excluding tert-OH is 1. The molecular formula is C21H36N2O. The number of aliphatic hydroxyl groups is 1. The minimum Gasteiger partial charge on any atom is -0.396 e. The first-order valence-electron chi connectivity index (χ1n) is 10.2. The standard InChI is InChI=1S/C21H36N2O/c1-13(22)17-5-6-19-16-4-3-14-11-15(23)7-9-20(14,2)18(16)8-10-21(17,19)12-24/h3,13,15-19,24H,4-12,22-23H2,1-2H3/t13-,15-,16+,17+,18-,19-,20-,21-/m0/s1. The van der Waals surface area contributed by atoms with Gasteiger partial charge in [0.25, 0.3) is 0 Å². The fraction of sp³-hybridized carbons (Fsp3) is 0.905. The first kappa shape index (κ1) is 17.1. The third kappa shape index (κ3) is 2.20. The van der Waals surface area contributed by atoms with E-state index in [-0.39, 0.29) is 11.5 Å². The number of nitrogens with two attached hydrogens (primary N) is 2. The minimum atomic E-state index is 0.0993. The van der Waals surface area contributed by atoms with Crippen LogP contribution < -0.4 is 11.5 Å². The van der Waals surface area contributed by atoms with Crippen LogP contribution in [-0.4, -0.2) is 23.8 Å². The molecule has 0 unspecified atom stereocenters. The van der Waals surface area contributed by atoms with E-state index < -0.39 is 0 Å². The number of hydrogen-bond acceptors (Lipinski definition) is 3. The van der Waals surface area contributed by atoms with E-state index in [1.165, 1.54) is 44.9 Å². The first-order valence-corrected chi connectivity index (χ1v) is 10.2. The molecule has 4 aliphatic rings. The van der Waals surface area contributed by atoms with E-state index in [0.717, 1.165) is 18.3 Å². The van der Waals surface area contributed by atoms with Crippen LogP contribution in [0.3, 0.4) is 0 Å². The molecule has 0 aromatic carbocycles. The summed E-state index contributed by atoms with van der Waals surface area (Å²) in [6.07, 6.45) is 12.2. The maximum Gasteiger partial charge on any atom is 0.0493 e. The van der Waals surface area contributed by atoms with Gasteiger partial charge in [0.1, 0.15) is 0 Å². The topological polar surface area (TPSA) is 72.3 Å². The van der Waals surface area contributed by atoms with Crippen molar-refractivity contribution in [3.63, 3.8) is 0 Å². The van der Waals surface area contributed by atoms with Gasteiger partial charge in [-0.05, 0) is 87.4 Å². The molecule has 8 atom stereocenters. The van der Waals surface area contributed by atoms with Gasteiger partial charge in [0.2, 0.25) is 0 Å². The number of fused-ring (bicyclic) bond motifs is 5. The molecule has 0 saturated heterocycles. The molecule has 4 rings (SSSR count). The van der Waals surface area contributed by atoms with Gasteiger partial charge < -0.3 is 16.6 Å². The summed E-state index contributed by atoms with van der Waals surface area (Å²) in [5.41, 5.74) is 14.7. The first-order chi connectivity index (χ1) is 11.4. The molecule has 0 aromatic heterocycles. The Balaban J connectivity index is 1.67. The fourth-order valence-electron chi connectivity index (χ4n) is 7.64. The van der Waals surface area contributed by atoms with Crippen LogP contribution in [0.1, 0.15) is 65.2 Å². The lowest BCUT2D eigenvalue weighted by Crippen LogP contribution is -2.54. The van der Waals surface area contributed by atoms with Crippen molar-refractivity contribution in [2.75, 3.05) is 6.61 Å². The fourth-order valence-corrected chi connectivity index (χ4v) is 7.64. The Morgan fingerprint density at radius 2 is 2.00 bits per heavy atom. The second kappa shape index (κ2) is 5.82. The van der Waals surface area contributed by atoms with Crippen molar-refractivity contribution in [2.45, 2.75) is 77.3 Å². The van der Waals surface area contributed by atoms with Crippen LogP contribution in [0, 0.1) is 34.5 Å². The lowest BCUT2D eigenvalue weighted by atomic mass is 9.47. The van der Waals surface area contributed by atoms with E-state index in [1.807, 2.05) is 0 Å². The van der Waals surface area contributed by atoms with E-state index in [1.54, 1.807) is 5.57 Å². The molecule has 0 spiro atoms. The monoisotopic (exact) mass is 332 g/mol. The zero-order chi connectivity index (χ0) is 17.1.